The molecule has 1 heterocycles. The Balaban J connectivity index is 1.61. The van der Waals surface area contributed by atoms with Crippen molar-refractivity contribution in [1.82, 2.24) is 4.90 Å². The summed E-state index contributed by atoms with van der Waals surface area (Å²) in [5.41, 5.74) is 8.46. The Kier molecular flexibility index (Phi) is 8.49. The fourth-order valence-electron chi connectivity index (χ4n) is 5.16. The van der Waals surface area contributed by atoms with Crippen molar-refractivity contribution >= 4 is 11.6 Å². The predicted molar refractivity (Wildman–Crippen MR) is 144 cm³/mol. The summed E-state index contributed by atoms with van der Waals surface area (Å²) in [6.07, 6.45) is -3.95. The molecule has 0 aliphatic carbocycles. The van der Waals surface area contributed by atoms with Crippen LogP contribution in [0.3, 0.4) is 0 Å². The maximum Gasteiger partial charge on any atom is 0.417 e. The molecule has 39 heavy (non-hydrogen) atoms. The van der Waals surface area contributed by atoms with Crippen LogP contribution in [0.4, 0.5) is 23.2 Å². The largest absolute Gasteiger partial charge is 0.493 e. The molecule has 4 rings (SSSR count). The lowest BCUT2D eigenvalue weighted by Crippen LogP contribution is -2.55. The molecule has 0 spiro atoms. The van der Waals surface area contributed by atoms with Gasteiger partial charge in [0.15, 0.2) is 0 Å². The topological polar surface area (TPSA) is 58.8 Å². The number of aryl methyl sites for hydroxylation is 1. The van der Waals surface area contributed by atoms with Crippen molar-refractivity contribution in [3.05, 3.63) is 82.7 Å². The van der Waals surface area contributed by atoms with Gasteiger partial charge in [-0.2, -0.15) is 13.2 Å². The molecule has 1 fully saturated rings. The molecule has 1 aliphatic rings. The van der Waals surface area contributed by atoms with Crippen LogP contribution < -0.4 is 15.4 Å². The summed E-state index contributed by atoms with van der Waals surface area (Å²) >= 11 is 0. The highest BCUT2D eigenvalue weighted by Gasteiger charge is 2.38. The van der Waals surface area contributed by atoms with E-state index in [1.54, 1.807) is 13.0 Å². The van der Waals surface area contributed by atoms with E-state index in [9.17, 15) is 22.4 Å². The normalized spacial score (nSPS) is 15.9. The van der Waals surface area contributed by atoms with Crippen LogP contribution in [0.2, 0.25) is 0 Å². The molecule has 0 unspecified atom stereocenters. The van der Waals surface area contributed by atoms with Gasteiger partial charge in [0.1, 0.15) is 11.6 Å². The summed E-state index contributed by atoms with van der Waals surface area (Å²) in [6, 6.07) is 13.8. The fourth-order valence-corrected chi connectivity index (χ4v) is 5.16. The lowest BCUT2D eigenvalue weighted by Gasteiger charge is -2.43. The number of piperazine rings is 1. The Morgan fingerprint density at radius 3 is 2.49 bits per heavy atom. The van der Waals surface area contributed by atoms with Crippen LogP contribution in [0.1, 0.15) is 47.3 Å². The van der Waals surface area contributed by atoms with E-state index in [0.29, 0.717) is 36.4 Å². The van der Waals surface area contributed by atoms with E-state index in [1.165, 1.54) is 29.2 Å². The first-order valence-corrected chi connectivity index (χ1v) is 13.1. The van der Waals surface area contributed by atoms with Gasteiger partial charge in [0.2, 0.25) is 0 Å². The van der Waals surface area contributed by atoms with Crippen molar-refractivity contribution in [2.75, 3.05) is 31.1 Å². The number of ether oxygens (including phenoxy) is 1. The summed E-state index contributed by atoms with van der Waals surface area (Å²) in [6.45, 7) is 7.08. The Hall–Kier alpha value is -3.59. The third-order valence-corrected chi connectivity index (χ3v) is 7.11. The highest BCUT2D eigenvalue weighted by molar-refractivity contribution is 5.96. The zero-order chi connectivity index (χ0) is 28.3. The zero-order valence-electron chi connectivity index (χ0n) is 22.3. The number of hydrogen-bond donors (Lipinski definition) is 1. The number of nitrogens with two attached hydrogens (primary N) is 1. The predicted octanol–water partition coefficient (Wildman–Crippen LogP) is 6.42. The van der Waals surface area contributed by atoms with Crippen molar-refractivity contribution in [3.63, 3.8) is 0 Å². The van der Waals surface area contributed by atoms with Gasteiger partial charge in [0, 0.05) is 43.5 Å². The van der Waals surface area contributed by atoms with Crippen molar-refractivity contribution in [1.29, 1.82) is 0 Å². The van der Waals surface area contributed by atoms with E-state index < -0.39 is 17.6 Å². The van der Waals surface area contributed by atoms with Gasteiger partial charge in [0.05, 0.1) is 17.7 Å². The Morgan fingerprint density at radius 1 is 1.05 bits per heavy atom. The lowest BCUT2D eigenvalue weighted by molar-refractivity contribution is -0.138. The monoisotopic (exact) mass is 543 g/mol. The molecule has 0 saturated carbocycles. The van der Waals surface area contributed by atoms with Crippen molar-refractivity contribution in [2.45, 2.75) is 46.0 Å². The summed E-state index contributed by atoms with van der Waals surface area (Å²) in [5.74, 6) is -0.423. The van der Waals surface area contributed by atoms with Crippen LogP contribution in [0.25, 0.3) is 11.1 Å². The second kappa shape index (κ2) is 11.7. The molecule has 1 atom stereocenters. The van der Waals surface area contributed by atoms with Crippen LogP contribution in [0, 0.1) is 12.7 Å². The molecular weight excluding hydrogens is 510 g/mol. The van der Waals surface area contributed by atoms with E-state index in [0.717, 1.165) is 22.9 Å². The van der Waals surface area contributed by atoms with Crippen molar-refractivity contribution in [2.24, 2.45) is 5.73 Å². The molecule has 208 valence electrons. The molecule has 9 heteroatoms. The maximum absolute atomic E-state index is 14.1. The highest BCUT2D eigenvalue weighted by atomic mass is 19.4. The average molecular weight is 544 g/mol. The molecule has 0 radical (unpaired) electrons. The number of rotatable bonds is 7. The van der Waals surface area contributed by atoms with Crippen LogP contribution in [0.15, 0.2) is 54.6 Å². The first kappa shape index (κ1) is 28.4. The van der Waals surface area contributed by atoms with Gasteiger partial charge >= 0.3 is 6.18 Å². The van der Waals surface area contributed by atoms with Crippen LogP contribution in [0.5, 0.6) is 5.75 Å². The van der Waals surface area contributed by atoms with Crippen LogP contribution in [-0.4, -0.2) is 43.1 Å². The molecule has 0 aromatic heterocycles. The first-order valence-electron chi connectivity index (χ1n) is 13.1. The second-order valence-corrected chi connectivity index (χ2v) is 9.67. The number of halogens is 4. The molecule has 1 aliphatic heterocycles. The summed E-state index contributed by atoms with van der Waals surface area (Å²) in [5, 5.41) is 0. The highest BCUT2D eigenvalue weighted by Crippen LogP contribution is 2.36. The van der Waals surface area contributed by atoms with Crippen LogP contribution in [-0.2, 0) is 12.7 Å². The molecular formula is C30H33F4N3O2. The number of carbonyl (C=O) groups excluding carboxylic acids is 1. The minimum absolute atomic E-state index is 0.119. The van der Waals surface area contributed by atoms with Gasteiger partial charge in [-0.25, -0.2) is 4.39 Å². The van der Waals surface area contributed by atoms with Gasteiger partial charge in [-0.3, -0.25) is 4.79 Å². The SMILES string of the molecule is CCOc1ccc(F)cc1-c1ccc(N2CCN(C(=O)c3ccc(C)cc3C(F)(F)F)C[C@H]2CC)c(CN)c1. The van der Waals surface area contributed by atoms with E-state index in [4.69, 9.17) is 10.5 Å². The molecule has 0 bridgehead atoms. The average Bonchev–Trinajstić information content (AvgIpc) is 2.92. The quantitative estimate of drug-likeness (QED) is 0.350. The molecule has 2 N–H and O–H groups in total. The number of anilines is 1. The minimum atomic E-state index is -4.62. The number of hydrogen-bond acceptors (Lipinski definition) is 4. The Morgan fingerprint density at radius 2 is 1.82 bits per heavy atom. The van der Waals surface area contributed by atoms with E-state index in [2.05, 4.69) is 4.90 Å². The number of amides is 1. The van der Waals surface area contributed by atoms with Gasteiger partial charge in [0.25, 0.3) is 5.91 Å². The van der Waals surface area contributed by atoms with Crippen LogP contribution >= 0.6 is 0 Å². The number of benzene rings is 3. The molecule has 1 saturated heterocycles. The van der Waals surface area contributed by atoms with E-state index in [1.807, 2.05) is 32.0 Å². The summed E-state index contributed by atoms with van der Waals surface area (Å²) in [7, 11) is 0. The third-order valence-electron chi connectivity index (χ3n) is 7.11. The second-order valence-electron chi connectivity index (χ2n) is 9.67. The molecule has 3 aromatic carbocycles. The molecule has 5 nitrogen and oxygen atoms in total. The molecule has 3 aromatic rings. The molecule has 1 amide bonds. The fraction of sp³-hybridized carbons (Fsp3) is 0.367. The van der Waals surface area contributed by atoms with Crippen molar-refractivity contribution < 1.29 is 27.1 Å². The smallest absolute Gasteiger partial charge is 0.417 e. The van der Waals surface area contributed by atoms with E-state index in [-0.39, 0.29) is 37.1 Å². The number of nitrogens with zero attached hydrogens (tertiary/aromatic N) is 2. The Bertz CT molecular complexity index is 1340. The standard InChI is InChI=1S/C30H33F4N3O2/c1-4-23-18-36(29(38)24-9-6-19(3)14-26(24)30(32,33)34)12-13-37(23)27-10-7-20(15-21(27)17-35)25-16-22(31)8-11-28(25)39-5-2/h6-11,14-16,23H,4-5,12-13,17-18,35H2,1-3H3/t23-/m1/s1. The Labute approximate surface area is 226 Å². The summed E-state index contributed by atoms with van der Waals surface area (Å²) in [4.78, 5) is 16.9. The van der Waals surface area contributed by atoms with Gasteiger partial charge in [-0.05, 0) is 73.9 Å². The minimum Gasteiger partial charge on any atom is -0.493 e. The zero-order valence-corrected chi connectivity index (χ0v) is 22.3. The maximum atomic E-state index is 14.1. The lowest BCUT2D eigenvalue weighted by atomic mass is 9.98. The van der Waals surface area contributed by atoms with Gasteiger partial charge in [-0.15, -0.1) is 0 Å². The van der Waals surface area contributed by atoms with Gasteiger partial charge in [-0.1, -0.05) is 24.6 Å². The number of carbonyl (C=O) groups is 1. The third kappa shape index (κ3) is 6.03. The first-order chi connectivity index (χ1) is 18.6. The van der Waals surface area contributed by atoms with E-state index >= 15 is 0 Å². The summed E-state index contributed by atoms with van der Waals surface area (Å²) < 4.78 is 60.8. The number of alkyl halides is 3. The van der Waals surface area contributed by atoms with Gasteiger partial charge < -0.3 is 20.3 Å². The van der Waals surface area contributed by atoms with Crippen molar-refractivity contribution in [3.8, 4) is 16.9 Å².